The molecular weight excluding hydrogens is 318 g/mol. The molecule has 0 fully saturated rings. The van der Waals surface area contributed by atoms with E-state index in [9.17, 15) is 0 Å². The Hall–Kier alpha value is -1.95. The number of rotatable bonds is 2. The minimum atomic E-state index is 0.647. The van der Waals surface area contributed by atoms with Crippen LogP contribution in [0.4, 0.5) is 5.69 Å². The summed E-state index contributed by atoms with van der Waals surface area (Å²) in [5.41, 5.74) is 11.1. The number of hydrogen-bond acceptors (Lipinski definition) is 4. The number of aryl methyl sites for hydroxylation is 2. The third-order valence-electron chi connectivity index (χ3n) is 3.16. The van der Waals surface area contributed by atoms with E-state index >= 15 is 0 Å². The van der Waals surface area contributed by atoms with Crippen molar-refractivity contribution in [1.29, 1.82) is 0 Å². The zero-order valence-corrected chi connectivity index (χ0v) is 12.8. The van der Waals surface area contributed by atoms with Gasteiger partial charge in [-0.25, -0.2) is 4.98 Å². The highest BCUT2D eigenvalue weighted by Gasteiger charge is 2.13. The van der Waals surface area contributed by atoms with E-state index < -0.39 is 0 Å². The van der Waals surface area contributed by atoms with E-state index in [4.69, 9.17) is 5.73 Å². The number of halogens is 1. The standard InChI is InChI=1S/C14H14BrN5/c1-3-11-9(4-7(2)19-20-11)14-17-12-6-8(15)5-10(16)13(12)18-14/h4-6H,3,16H2,1-2H3,(H,17,18). The van der Waals surface area contributed by atoms with Gasteiger partial charge < -0.3 is 10.7 Å². The topological polar surface area (TPSA) is 80.5 Å². The summed E-state index contributed by atoms with van der Waals surface area (Å²) in [4.78, 5) is 7.91. The van der Waals surface area contributed by atoms with Gasteiger partial charge in [-0.3, -0.25) is 0 Å². The van der Waals surface area contributed by atoms with E-state index in [1.54, 1.807) is 0 Å². The summed E-state index contributed by atoms with van der Waals surface area (Å²) in [6.45, 7) is 3.97. The Kier molecular flexibility index (Phi) is 3.17. The fourth-order valence-corrected chi connectivity index (χ4v) is 2.69. The minimum absolute atomic E-state index is 0.647. The molecule has 102 valence electrons. The lowest BCUT2D eigenvalue weighted by Gasteiger charge is -2.03. The maximum Gasteiger partial charge on any atom is 0.140 e. The Morgan fingerprint density at radius 1 is 1.25 bits per heavy atom. The summed E-state index contributed by atoms with van der Waals surface area (Å²) in [5.74, 6) is 0.777. The Balaban J connectivity index is 2.25. The number of H-pyrrole nitrogens is 1. The molecule has 0 unspecified atom stereocenters. The van der Waals surface area contributed by atoms with Crippen LogP contribution in [0.3, 0.4) is 0 Å². The van der Waals surface area contributed by atoms with Crippen LogP contribution in [0.5, 0.6) is 0 Å². The van der Waals surface area contributed by atoms with Crippen LogP contribution >= 0.6 is 15.9 Å². The maximum atomic E-state index is 6.01. The van der Waals surface area contributed by atoms with Gasteiger partial charge >= 0.3 is 0 Å². The van der Waals surface area contributed by atoms with Crippen molar-refractivity contribution < 1.29 is 0 Å². The van der Waals surface area contributed by atoms with E-state index in [0.29, 0.717) is 5.69 Å². The van der Waals surface area contributed by atoms with Gasteiger partial charge in [0.05, 0.1) is 22.6 Å². The molecule has 0 spiro atoms. The number of anilines is 1. The summed E-state index contributed by atoms with van der Waals surface area (Å²) in [7, 11) is 0. The van der Waals surface area contributed by atoms with Gasteiger partial charge in [-0.15, -0.1) is 0 Å². The second-order valence-electron chi connectivity index (χ2n) is 4.68. The van der Waals surface area contributed by atoms with Crippen molar-refractivity contribution in [2.45, 2.75) is 20.3 Å². The van der Waals surface area contributed by atoms with Gasteiger partial charge in [0, 0.05) is 10.0 Å². The molecule has 0 bridgehead atoms. The van der Waals surface area contributed by atoms with E-state index in [2.05, 4.69) is 43.0 Å². The number of benzene rings is 1. The first-order valence-electron chi connectivity index (χ1n) is 6.36. The molecule has 0 aliphatic rings. The normalized spacial score (nSPS) is 11.2. The first kappa shape index (κ1) is 13.1. The van der Waals surface area contributed by atoms with Gasteiger partial charge in [0.1, 0.15) is 11.3 Å². The molecule has 0 aliphatic heterocycles. The number of imidazole rings is 1. The predicted octanol–water partition coefficient (Wildman–Crippen LogP) is 3.24. The Bertz CT molecular complexity index is 794. The van der Waals surface area contributed by atoms with Crippen LogP contribution in [-0.4, -0.2) is 20.2 Å². The number of aromatic amines is 1. The van der Waals surface area contributed by atoms with Gasteiger partial charge in [-0.05, 0) is 31.5 Å². The largest absolute Gasteiger partial charge is 0.397 e. The van der Waals surface area contributed by atoms with Crippen LogP contribution in [0.25, 0.3) is 22.4 Å². The van der Waals surface area contributed by atoms with Crippen LogP contribution in [-0.2, 0) is 6.42 Å². The number of nitrogens with zero attached hydrogens (tertiary/aromatic N) is 3. The number of hydrogen-bond donors (Lipinski definition) is 2. The fraction of sp³-hybridized carbons (Fsp3) is 0.214. The maximum absolute atomic E-state index is 6.01. The van der Waals surface area contributed by atoms with Gasteiger partial charge in [-0.1, -0.05) is 22.9 Å². The fourth-order valence-electron chi connectivity index (χ4n) is 2.22. The number of aromatic nitrogens is 4. The lowest BCUT2D eigenvalue weighted by Crippen LogP contribution is -1.98. The Morgan fingerprint density at radius 3 is 2.80 bits per heavy atom. The summed E-state index contributed by atoms with van der Waals surface area (Å²) in [5, 5.41) is 8.33. The lowest BCUT2D eigenvalue weighted by molar-refractivity contribution is 0.893. The van der Waals surface area contributed by atoms with Crippen LogP contribution < -0.4 is 5.73 Å². The van der Waals surface area contributed by atoms with Crippen LogP contribution in [0.2, 0.25) is 0 Å². The molecular formula is C14H14BrN5. The molecule has 0 radical (unpaired) electrons. The zero-order chi connectivity index (χ0) is 14.3. The zero-order valence-electron chi connectivity index (χ0n) is 11.2. The van der Waals surface area contributed by atoms with Gasteiger partial charge in [0.2, 0.25) is 0 Å². The summed E-state index contributed by atoms with van der Waals surface area (Å²) in [6, 6.07) is 5.81. The first-order valence-corrected chi connectivity index (χ1v) is 7.16. The molecule has 3 N–H and O–H groups in total. The van der Waals surface area contributed by atoms with Gasteiger partial charge in [-0.2, -0.15) is 10.2 Å². The number of fused-ring (bicyclic) bond motifs is 1. The molecule has 2 aromatic heterocycles. The van der Waals surface area contributed by atoms with E-state index in [0.717, 1.165) is 44.7 Å². The first-order chi connectivity index (χ1) is 9.58. The number of nitrogens with one attached hydrogen (secondary N) is 1. The second-order valence-corrected chi connectivity index (χ2v) is 5.59. The van der Waals surface area contributed by atoms with E-state index in [1.807, 2.05) is 25.1 Å². The minimum Gasteiger partial charge on any atom is -0.397 e. The van der Waals surface area contributed by atoms with Crippen molar-refractivity contribution in [3.8, 4) is 11.4 Å². The average molecular weight is 332 g/mol. The molecule has 1 aromatic carbocycles. The van der Waals surface area contributed by atoms with Crippen LogP contribution in [0.1, 0.15) is 18.3 Å². The monoisotopic (exact) mass is 331 g/mol. The lowest BCUT2D eigenvalue weighted by atomic mass is 10.1. The molecule has 0 atom stereocenters. The molecule has 3 aromatic rings. The second kappa shape index (κ2) is 4.86. The molecule has 0 aliphatic carbocycles. The summed E-state index contributed by atoms with van der Waals surface area (Å²) >= 11 is 3.44. The molecule has 6 heteroatoms. The van der Waals surface area contributed by atoms with Crippen molar-refractivity contribution in [3.05, 3.63) is 34.1 Å². The molecule has 0 saturated carbocycles. The van der Waals surface area contributed by atoms with Crippen molar-refractivity contribution in [3.63, 3.8) is 0 Å². The molecule has 20 heavy (non-hydrogen) atoms. The third-order valence-corrected chi connectivity index (χ3v) is 3.62. The molecule has 5 nitrogen and oxygen atoms in total. The SMILES string of the molecule is CCc1nnc(C)cc1-c1nc2c(N)cc(Br)cc2[nH]1. The smallest absolute Gasteiger partial charge is 0.140 e. The molecule has 0 amide bonds. The van der Waals surface area contributed by atoms with Crippen molar-refractivity contribution in [2.24, 2.45) is 0 Å². The third kappa shape index (κ3) is 2.16. The van der Waals surface area contributed by atoms with Crippen LogP contribution in [0.15, 0.2) is 22.7 Å². The highest BCUT2D eigenvalue weighted by atomic mass is 79.9. The Morgan fingerprint density at radius 2 is 2.05 bits per heavy atom. The van der Waals surface area contributed by atoms with Crippen molar-refractivity contribution >= 4 is 32.7 Å². The Labute approximate surface area is 124 Å². The van der Waals surface area contributed by atoms with Gasteiger partial charge in [0.25, 0.3) is 0 Å². The number of nitrogen functional groups attached to an aromatic ring is 1. The quantitative estimate of drug-likeness (QED) is 0.706. The van der Waals surface area contributed by atoms with Crippen molar-refractivity contribution in [1.82, 2.24) is 20.2 Å². The van der Waals surface area contributed by atoms with Crippen molar-refractivity contribution in [2.75, 3.05) is 5.73 Å². The van der Waals surface area contributed by atoms with Gasteiger partial charge in [0.15, 0.2) is 0 Å². The highest BCUT2D eigenvalue weighted by Crippen LogP contribution is 2.28. The molecule has 3 rings (SSSR count). The van der Waals surface area contributed by atoms with E-state index in [-0.39, 0.29) is 0 Å². The van der Waals surface area contributed by atoms with E-state index in [1.165, 1.54) is 0 Å². The molecule has 2 heterocycles. The summed E-state index contributed by atoms with van der Waals surface area (Å²) in [6.07, 6.45) is 0.804. The predicted molar refractivity (Wildman–Crippen MR) is 83.3 cm³/mol. The highest BCUT2D eigenvalue weighted by molar-refractivity contribution is 9.10. The number of nitrogens with two attached hydrogens (primary N) is 1. The molecule has 0 saturated heterocycles. The van der Waals surface area contributed by atoms with Crippen LogP contribution in [0, 0.1) is 6.92 Å². The summed E-state index contributed by atoms with van der Waals surface area (Å²) < 4.78 is 0.928. The average Bonchev–Trinajstić information content (AvgIpc) is 2.82.